The molecule has 122 valence electrons. The van der Waals surface area contributed by atoms with Crippen molar-refractivity contribution in [2.45, 2.75) is 32.6 Å². The average molecular weight is 313 g/mol. The van der Waals surface area contributed by atoms with Crippen LogP contribution in [-0.4, -0.2) is 29.5 Å². The van der Waals surface area contributed by atoms with E-state index in [1.807, 2.05) is 6.07 Å². The first kappa shape index (κ1) is 16.9. The van der Waals surface area contributed by atoms with Crippen molar-refractivity contribution in [1.29, 1.82) is 0 Å². The molecule has 23 heavy (non-hydrogen) atoms. The number of nitrogens with one attached hydrogen (secondary N) is 1. The monoisotopic (exact) mass is 313 g/mol. The van der Waals surface area contributed by atoms with Gasteiger partial charge in [-0.1, -0.05) is 32.9 Å². The zero-order valence-electron chi connectivity index (χ0n) is 14.1. The van der Waals surface area contributed by atoms with Crippen LogP contribution >= 0.6 is 0 Å². The summed E-state index contributed by atoms with van der Waals surface area (Å²) in [4.78, 5) is 19.9. The van der Waals surface area contributed by atoms with Crippen molar-refractivity contribution in [2.24, 2.45) is 0 Å². The Morgan fingerprint density at radius 1 is 1.26 bits per heavy atom. The molecule has 0 aliphatic rings. The molecule has 0 radical (unpaired) electrons. The number of carbonyl (C=O) groups excluding carboxylic acids is 1. The number of rotatable bonds is 5. The van der Waals surface area contributed by atoms with Gasteiger partial charge in [0.25, 0.3) is 5.91 Å². The third-order valence-corrected chi connectivity index (χ3v) is 3.62. The first-order chi connectivity index (χ1) is 10.9. The standard InChI is InChI=1S/C18H23N3O2/c1-18(2,3)14-5-6-16(23-4)13(11-14)7-8-21-17(22)15-12-19-9-10-20-15/h5-6,9-12H,7-8H2,1-4H3,(H,21,22). The van der Waals surface area contributed by atoms with Gasteiger partial charge in [-0.15, -0.1) is 0 Å². The Hall–Kier alpha value is -2.43. The fourth-order valence-electron chi connectivity index (χ4n) is 2.26. The quantitative estimate of drug-likeness (QED) is 0.922. The summed E-state index contributed by atoms with van der Waals surface area (Å²) in [5, 5.41) is 2.86. The first-order valence-corrected chi connectivity index (χ1v) is 7.63. The van der Waals surface area contributed by atoms with Crippen LogP contribution in [-0.2, 0) is 11.8 Å². The predicted molar refractivity (Wildman–Crippen MR) is 89.8 cm³/mol. The van der Waals surface area contributed by atoms with Crippen LogP contribution in [0, 0.1) is 0 Å². The van der Waals surface area contributed by atoms with E-state index in [4.69, 9.17) is 4.74 Å². The molecule has 5 heteroatoms. The largest absolute Gasteiger partial charge is 0.496 e. The molecule has 1 aromatic heterocycles. The van der Waals surface area contributed by atoms with Gasteiger partial charge >= 0.3 is 0 Å². The maximum Gasteiger partial charge on any atom is 0.271 e. The molecule has 1 N–H and O–H groups in total. The van der Waals surface area contributed by atoms with E-state index in [1.54, 1.807) is 13.3 Å². The van der Waals surface area contributed by atoms with Crippen LogP contribution in [0.5, 0.6) is 5.75 Å². The van der Waals surface area contributed by atoms with Crippen LogP contribution < -0.4 is 10.1 Å². The summed E-state index contributed by atoms with van der Waals surface area (Å²) < 4.78 is 5.42. The first-order valence-electron chi connectivity index (χ1n) is 7.63. The summed E-state index contributed by atoms with van der Waals surface area (Å²) in [5.74, 6) is 0.621. The normalized spacial score (nSPS) is 11.1. The molecular formula is C18H23N3O2. The maximum absolute atomic E-state index is 12.0. The van der Waals surface area contributed by atoms with E-state index in [0.29, 0.717) is 18.7 Å². The Kier molecular flexibility index (Phi) is 5.32. The summed E-state index contributed by atoms with van der Waals surface area (Å²) in [5.41, 5.74) is 2.72. The molecule has 0 atom stereocenters. The Labute approximate surface area is 137 Å². The number of amides is 1. The second-order valence-electron chi connectivity index (χ2n) is 6.37. The van der Waals surface area contributed by atoms with Crippen LogP contribution in [0.3, 0.4) is 0 Å². The van der Waals surface area contributed by atoms with E-state index in [1.165, 1.54) is 18.0 Å². The number of ether oxygens (including phenoxy) is 1. The molecular weight excluding hydrogens is 290 g/mol. The molecule has 0 saturated carbocycles. The van der Waals surface area contributed by atoms with Gasteiger partial charge in [0.1, 0.15) is 11.4 Å². The molecule has 0 fully saturated rings. The van der Waals surface area contributed by atoms with Crippen molar-refractivity contribution in [1.82, 2.24) is 15.3 Å². The minimum atomic E-state index is -0.218. The Bertz CT molecular complexity index is 664. The highest BCUT2D eigenvalue weighted by atomic mass is 16.5. The van der Waals surface area contributed by atoms with E-state index >= 15 is 0 Å². The van der Waals surface area contributed by atoms with Crippen molar-refractivity contribution in [3.8, 4) is 5.75 Å². The van der Waals surface area contributed by atoms with E-state index < -0.39 is 0 Å². The highest BCUT2D eigenvalue weighted by molar-refractivity contribution is 5.91. The lowest BCUT2D eigenvalue weighted by Gasteiger charge is -2.21. The Morgan fingerprint density at radius 2 is 2.04 bits per heavy atom. The molecule has 0 saturated heterocycles. The minimum Gasteiger partial charge on any atom is -0.496 e. The Balaban J connectivity index is 2.03. The fourth-order valence-corrected chi connectivity index (χ4v) is 2.26. The van der Waals surface area contributed by atoms with E-state index in [2.05, 4.69) is 48.2 Å². The van der Waals surface area contributed by atoms with Crippen molar-refractivity contribution in [3.63, 3.8) is 0 Å². The smallest absolute Gasteiger partial charge is 0.271 e. The number of hydrogen-bond acceptors (Lipinski definition) is 4. The number of hydrogen-bond donors (Lipinski definition) is 1. The molecule has 0 aliphatic carbocycles. The fraction of sp³-hybridized carbons (Fsp3) is 0.389. The minimum absolute atomic E-state index is 0.0733. The van der Waals surface area contributed by atoms with Crippen LogP contribution in [0.15, 0.2) is 36.8 Å². The Morgan fingerprint density at radius 3 is 2.65 bits per heavy atom. The van der Waals surface area contributed by atoms with Gasteiger partial charge in [-0.3, -0.25) is 9.78 Å². The van der Waals surface area contributed by atoms with E-state index in [0.717, 1.165) is 11.3 Å². The second-order valence-corrected chi connectivity index (χ2v) is 6.37. The number of aromatic nitrogens is 2. The highest BCUT2D eigenvalue weighted by Crippen LogP contribution is 2.28. The van der Waals surface area contributed by atoms with Gasteiger partial charge in [0, 0.05) is 18.9 Å². The highest BCUT2D eigenvalue weighted by Gasteiger charge is 2.16. The maximum atomic E-state index is 12.0. The molecule has 0 unspecified atom stereocenters. The lowest BCUT2D eigenvalue weighted by atomic mass is 9.85. The SMILES string of the molecule is COc1ccc(C(C)(C)C)cc1CCNC(=O)c1cnccn1. The van der Waals surface area contributed by atoms with Crippen LogP contribution in [0.25, 0.3) is 0 Å². The van der Waals surface area contributed by atoms with E-state index in [-0.39, 0.29) is 11.3 Å². The van der Waals surface area contributed by atoms with E-state index in [9.17, 15) is 4.79 Å². The number of carbonyl (C=O) groups is 1. The van der Waals surface area contributed by atoms with Crippen LogP contribution in [0.2, 0.25) is 0 Å². The lowest BCUT2D eigenvalue weighted by molar-refractivity contribution is 0.0948. The number of methoxy groups -OCH3 is 1. The molecule has 2 aromatic rings. The molecule has 1 amide bonds. The van der Waals surface area contributed by atoms with Crippen LogP contribution in [0.4, 0.5) is 0 Å². The zero-order valence-corrected chi connectivity index (χ0v) is 14.1. The summed E-state index contributed by atoms with van der Waals surface area (Å²) in [7, 11) is 1.66. The van der Waals surface area contributed by atoms with Gasteiger partial charge < -0.3 is 10.1 Å². The summed E-state index contributed by atoms with van der Waals surface area (Å²) in [6, 6.07) is 6.22. The molecule has 1 heterocycles. The zero-order chi connectivity index (χ0) is 16.9. The summed E-state index contributed by atoms with van der Waals surface area (Å²) in [6.45, 7) is 7.04. The van der Waals surface area contributed by atoms with Gasteiger partial charge in [-0.25, -0.2) is 4.98 Å². The number of benzene rings is 1. The summed E-state index contributed by atoms with van der Waals surface area (Å²) in [6.07, 6.45) is 5.19. The van der Waals surface area contributed by atoms with Crippen molar-refractivity contribution in [2.75, 3.05) is 13.7 Å². The molecule has 0 aliphatic heterocycles. The predicted octanol–water partition coefficient (Wildman–Crippen LogP) is 2.76. The number of nitrogens with zero attached hydrogens (tertiary/aromatic N) is 2. The molecule has 0 bridgehead atoms. The third-order valence-electron chi connectivity index (χ3n) is 3.62. The molecule has 2 rings (SSSR count). The van der Waals surface area contributed by atoms with Gasteiger partial charge in [0.2, 0.25) is 0 Å². The third kappa shape index (κ3) is 4.52. The van der Waals surface area contributed by atoms with Crippen LogP contribution in [0.1, 0.15) is 42.4 Å². The molecule has 1 aromatic carbocycles. The van der Waals surface area contributed by atoms with Gasteiger partial charge in [-0.05, 0) is 29.0 Å². The topological polar surface area (TPSA) is 64.1 Å². The summed E-state index contributed by atoms with van der Waals surface area (Å²) >= 11 is 0. The van der Waals surface area contributed by atoms with Crippen molar-refractivity contribution < 1.29 is 9.53 Å². The van der Waals surface area contributed by atoms with Gasteiger partial charge in [0.05, 0.1) is 13.3 Å². The lowest BCUT2D eigenvalue weighted by Crippen LogP contribution is -2.26. The second kappa shape index (κ2) is 7.22. The van der Waals surface area contributed by atoms with Gasteiger partial charge in [-0.2, -0.15) is 0 Å². The molecule has 5 nitrogen and oxygen atoms in total. The average Bonchev–Trinajstić information content (AvgIpc) is 2.54. The van der Waals surface area contributed by atoms with Crippen molar-refractivity contribution >= 4 is 5.91 Å². The van der Waals surface area contributed by atoms with Gasteiger partial charge in [0.15, 0.2) is 0 Å². The van der Waals surface area contributed by atoms with Crippen molar-refractivity contribution in [3.05, 3.63) is 53.6 Å². The molecule has 0 spiro atoms.